The number of ether oxygens (including phenoxy) is 1. The number of para-hydroxylation sites is 1. The van der Waals surface area contributed by atoms with Gasteiger partial charge in [-0.3, -0.25) is 4.79 Å². The first kappa shape index (κ1) is 19.8. The van der Waals surface area contributed by atoms with Crippen LogP contribution in [0.2, 0.25) is 0 Å². The van der Waals surface area contributed by atoms with Crippen LogP contribution in [-0.4, -0.2) is 35.7 Å². The number of H-pyrrole nitrogens is 1. The first-order valence-corrected chi connectivity index (χ1v) is 11.6. The van der Waals surface area contributed by atoms with Gasteiger partial charge in [0.15, 0.2) is 0 Å². The molecule has 5 rings (SSSR count). The van der Waals surface area contributed by atoms with Crippen molar-refractivity contribution in [1.29, 1.82) is 0 Å². The number of hydrogen-bond donors (Lipinski definition) is 1. The SMILES string of the molecule is COc1ccc(C(=O)N2CCc3c([nH]c4ccccc34)[C@@H]2c2ccc(SC)cc2)cc1. The molecule has 1 aliphatic heterocycles. The van der Waals surface area contributed by atoms with Crippen molar-refractivity contribution in [2.75, 3.05) is 19.9 Å². The summed E-state index contributed by atoms with van der Waals surface area (Å²) < 4.78 is 5.25. The maximum absolute atomic E-state index is 13.6. The number of carbonyl (C=O) groups excluding carboxylic acids is 1. The van der Waals surface area contributed by atoms with Crippen molar-refractivity contribution in [1.82, 2.24) is 9.88 Å². The van der Waals surface area contributed by atoms with Gasteiger partial charge in [-0.1, -0.05) is 30.3 Å². The molecule has 2 heterocycles. The first-order valence-electron chi connectivity index (χ1n) is 10.4. The lowest BCUT2D eigenvalue weighted by Crippen LogP contribution is -2.40. The van der Waals surface area contributed by atoms with E-state index in [9.17, 15) is 4.79 Å². The van der Waals surface area contributed by atoms with Crippen LogP contribution in [0.5, 0.6) is 5.75 Å². The van der Waals surface area contributed by atoms with Crippen LogP contribution in [0.1, 0.15) is 33.2 Å². The second-order valence-electron chi connectivity index (χ2n) is 7.72. The molecule has 0 aliphatic carbocycles. The summed E-state index contributed by atoms with van der Waals surface area (Å²) >= 11 is 1.72. The van der Waals surface area contributed by atoms with Crippen molar-refractivity contribution in [2.24, 2.45) is 0 Å². The summed E-state index contributed by atoms with van der Waals surface area (Å²) in [6.07, 6.45) is 2.91. The largest absolute Gasteiger partial charge is 0.497 e. The Hall–Kier alpha value is -3.18. The minimum atomic E-state index is -0.151. The minimum absolute atomic E-state index is 0.0332. The summed E-state index contributed by atoms with van der Waals surface area (Å²) in [5.74, 6) is 0.781. The van der Waals surface area contributed by atoms with Crippen LogP contribution in [-0.2, 0) is 6.42 Å². The molecule has 4 aromatic rings. The second-order valence-corrected chi connectivity index (χ2v) is 8.60. The fraction of sp³-hybridized carbons (Fsp3) is 0.192. The van der Waals surface area contributed by atoms with Crippen molar-refractivity contribution in [3.63, 3.8) is 0 Å². The van der Waals surface area contributed by atoms with Gasteiger partial charge in [-0.2, -0.15) is 0 Å². The molecule has 0 saturated carbocycles. The van der Waals surface area contributed by atoms with Gasteiger partial charge in [0.1, 0.15) is 5.75 Å². The van der Waals surface area contributed by atoms with Crippen LogP contribution < -0.4 is 4.74 Å². The van der Waals surface area contributed by atoms with E-state index in [-0.39, 0.29) is 11.9 Å². The van der Waals surface area contributed by atoms with Crippen LogP contribution in [0.15, 0.2) is 77.7 Å². The Morgan fingerprint density at radius 2 is 1.77 bits per heavy atom. The molecule has 31 heavy (non-hydrogen) atoms. The smallest absolute Gasteiger partial charge is 0.254 e. The van der Waals surface area contributed by atoms with Gasteiger partial charge in [0.05, 0.1) is 13.2 Å². The van der Waals surface area contributed by atoms with Gasteiger partial charge in [-0.05, 0) is 66.3 Å². The maximum atomic E-state index is 13.6. The number of benzene rings is 3. The van der Waals surface area contributed by atoms with E-state index in [2.05, 4.69) is 53.7 Å². The van der Waals surface area contributed by atoms with Gasteiger partial charge in [-0.15, -0.1) is 11.8 Å². The molecule has 1 aliphatic rings. The summed E-state index contributed by atoms with van der Waals surface area (Å²) in [5, 5.41) is 1.25. The molecule has 0 unspecified atom stereocenters. The highest BCUT2D eigenvalue weighted by Gasteiger charge is 2.34. The summed E-state index contributed by atoms with van der Waals surface area (Å²) in [6.45, 7) is 0.675. The highest BCUT2D eigenvalue weighted by atomic mass is 32.2. The van der Waals surface area contributed by atoms with Gasteiger partial charge in [0.25, 0.3) is 5.91 Å². The summed E-state index contributed by atoms with van der Waals surface area (Å²) in [4.78, 5) is 20.4. The minimum Gasteiger partial charge on any atom is -0.497 e. The van der Waals surface area contributed by atoms with Crippen molar-refractivity contribution < 1.29 is 9.53 Å². The zero-order valence-corrected chi connectivity index (χ0v) is 18.4. The number of nitrogens with zero attached hydrogens (tertiary/aromatic N) is 1. The summed E-state index contributed by atoms with van der Waals surface area (Å²) in [5.41, 5.74) is 5.34. The third-order valence-electron chi connectivity index (χ3n) is 6.06. The molecule has 1 atom stereocenters. The number of thioether (sulfide) groups is 1. The lowest BCUT2D eigenvalue weighted by Gasteiger charge is -2.36. The van der Waals surface area contributed by atoms with Crippen LogP contribution in [0.4, 0.5) is 0 Å². The predicted octanol–water partition coefficient (Wildman–Crippen LogP) is 5.69. The molecule has 1 aromatic heterocycles. The van der Waals surface area contributed by atoms with Gasteiger partial charge < -0.3 is 14.6 Å². The lowest BCUT2D eigenvalue weighted by atomic mass is 9.91. The predicted molar refractivity (Wildman–Crippen MR) is 126 cm³/mol. The zero-order chi connectivity index (χ0) is 21.4. The molecule has 0 bridgehead atoms. The fourth-order valence-corrected chi connectivity index (χ4v) is 4.90. The number of amides is 1. The fourth-order valence-electron chi connectivity index (χ4n) is 4.49. The molecule has 0 fully saturated rings. The molecule has 0 spiro atoms. The molecule has 0 saturated heterocycles. The average molecular weight is 429 g/mol. The first-order chi connectivity index (χ1) is 15.2. The highest BCUT2D eigenvalue weighted by Crippen LogP contribution is 2.39. The van der Waals surface area contributed by atoms with E-state index in [4.69, 9.17) is 4.74 Å². The lowest BCUT2D eigenvalue weighted by molar-refractivity contribution is 0.0692. The van der Waals surface area contributed by atoms with Gasteiger partial charge in [0, 0.05) is 33.6 Å². The quantitative estimate of drug-likeness (QED) is 0.425. The van der Waals surface area contributed by atoms with E-state index in [0.29, 0.717) is 12.1 Å². The Balaban J connectivity index is 1.61. The van der Waals surface area contributed by atoms with Crippen LogP contribution in [0.25, 0.3) is 10.9 Å². The van der Waals surface area contributed by atoms with Gasteiger partial charge in [-0.25, -0.2) is 0 Å². The van der Waals surface area contributed by atoms with Crippen molar-refractivity contribution in [3.8, 4) is 5.75 Å². The normalized spacial score (nSPS) is 15.7. The Kier molecular flexibility index (Phi) is 5.20. The zero-order valence-electron chi connectivity index (χ0n) is 17.6. The number of methoxy groups -OCH3 is 1. The molecule has 4 nitrogen and oxygen atoms in total. The Morgan fingerprint density at radius 3 is 2.48 bits per heavy atom. The molecule has 5 heteroatoms. The topological polar surface area (TPSA) is 45.3 Å². The van der Waals surface area contributed by atoms with Crippen LogP contribution in [0, 0.1) is 0 Å². The number of aromatic amines is 1. The monoisotopic (exact) mass is 428 g/mol. The molecular weight excluding hydrogens is 404 g/mol. The van der Waals surface area contributed by atoms with Gasteiger partial charge in [0.2, 0.25) is 0 Å². The molecule has 0 radical (unpaired) electrons. The number of fused-ring (bicyclic) bond motifs is 3. The molecular formula is C26H24N2O2S. The van der Waals surface area contributed by atoms with E-state index < -0.39 is 0 Å². The van der Waals surface area contributed by atoms with E-state index >= 15 is 0 Å². The van der Waals surface area contributed by atoms with E-state index in [1.807, 2.05) is 35.2 Å². The van der Waals surface area contributed by atoms with E-state index in [1.165, 1.54) is 15.8 Å². The third kappa shape index (κ3) is 3.49. The molecule has 156 valence electrons. The Bertz CT molecular complexity index is 1230. The molecule has 3 aromatic carbocycles. The Morgan fingerprint density at radius 1 is 1.03 bits per heavy atom. The second kappa shape index (κ2) is 8.16. The highest BCUT2D eigenvalue weighted by molar-refractivity contribution is 7.98. The van der Waals surface area contributed by atoms with Crippen LogP contribution in [0.3, 0.4) is 0 Å². The summed E-state index contributed by atoms with van der Waals surface area (Å²) in [6, 6.07) is 24.2. The molecule has 1 N–H and O–H groups in total. The van der Waals surface area contributed by atoms with Crippen LogP contribution >= 0.6 is 11.8 Å². The number of aromatic nitrogens is 1. The van der Waals surface area contributed by atoms with E-state index in [0.717, 1.165) is 28.9 Å². The summed E-state index contributed by atoms with van der Waals surface area (Å²) in [7, 11) is 1.63. The van der Waals surface area contributed by atoms with Crippen molar-refractivity contribution in [2.45, 2.75) is 17.4 Å². The average Bonchev–Trinajstić information content (AvgIpc) is 3.22. The van der Waals surface area contributed by atoms with Crippen molar-refractivity contribution in [3.05, 3.63) is 95.2 Å². The Labute approximate surface area is 186 Å². The van der Waals surface area contributed by atoms with E-state index in [1.54, 1.807) is 18.9 Å². The number of rotatable bonds is 4. The third-order valence-corrected chi connectivity index (χ3v) is 6.81. The molecule has 1 amide bonds. The van der Waals surface area contributed by atoms with Crippen molar-refractivity contribution >= 4 is 28.6 Å². The maximum Gasteiger partial charge on any atom is 0.254 e. The number of nitrogens with one attached hydrogen (secondary N) is 1. The number of carbonyl (C=O) groups is 1. The standard InChI is InChI=1S/C26H24N2O2S/c1-30-19-11-7-18(8-12-19)26(29)28-16-15-22-21-5-3-4-6-23(21)27-24(22)25(28)17-9-13-20(31-2)14-10-17/h3-14,25,27H,15-16H2,1-2H3/t25-/m0/s1. The van der Waals surface area contributed by atoms with Gasteiger partial charge >= 0.3 is 0 Å². The number of hydrogen-bond acceptors (Lipinski definition) is 3.